The van der Waals surface area contributed by atoms with E-state index >= 15 is 0 Å². The molecule has 106 valence electrons. The van der Waals surface area contributed by atoms with Crippen LogP contribution in [-0.2, 0) is 13.2 Å². The van der Waals surface area contributed by atoms with E-state index in [4.69, 9.17) is 33.7 Å². The van der Waals surface area contributed by atoms with E-state index in [0.29, 0.717) is 23.2 Å². The minimum absolute atomic E-state index is 0.392. The highest BCUT2D eigenvalue weighted by molar-refractivity contribution is 6.33. The first-order chi connectivity index (χ1) is 9.51. The summed E-state index contributed by atoms with van der Waals surface area (Å²) < 4.78 is 5.91. The van der Waals surface area contributed by atoms with Gasteiger partial charge in [-0.05, 0) is 48.7 Å². The average Bonchev–Trinajstić information content (AvgIpc) is 2.41. The summed E-state index contributed by atoms with van der Waals surface area (Å²) in [5.41, 5.74) is 9.79. The molecule has 2 aromatic rings. The lowest BCUT2D eigenvalue weighted by molar-refractivity contribution is 0.302. The van der Waals surface area contributed by atoms with E-state index in [-0.39, 0.29) is 0 Å². The van der Waals surface area contributed by atoms with Gasteiger partial charge in [-0.1, -0.05) is 35.3 Å². The Kier molecular flexibility index (Phi) is 4.92. The van der Waals surface area contributed by atoms with Crippen molar-refractivity contribution in [2.45, 2.75) is 27.0 Å². The van der Waals surface area contributed by atoms with Crippen molar-refractivity contribution in [2.24, 2.45) is 5.73 Å². The van der Waals surface area contributed by atoms with E-state index in [9.17, 15) is 0 Å². The van der Waals surface area contributed by atoms with Crippen LogP contribution in [0.5, 0.6) is 5.75 Å². The van der Waals surface area contributed by atoms with Crippen LogP contribution < -0.4 is 10.5 Å². The largest absolute Gasteiger partial charge is 0.488 e. The molecule has 0 bridgehead atoms. The first-order valence-electron chi connectivity index (χ1n) is 6.38. The van der Waals surface area contributed by atoms with Crippen molar-refractivity contribution in [3.8, 4) is 5.75 Å². The summed E-state index contributed by atoms with van der Waals surface area (Å²) in [6, 6.07) is 9.45. The lowest BCUT2D eigenvalue weighted by atomic mass is 10.1. The van der Waals surface area contributed by atoms with Gasteiger partial charge in [-0.25, -0.2) is 0 Å². The van der Waals surface area contributed by atoms with Gasteiger partial charge < -0.3 is 10.5 Å². The molecule has 0 spiro atoms. The molecule has 0 aliphatic carbocycles. The van der Waals surface area contributed by atoms with Crippen molar-refractivity contribution < 1.29 is 4.74 Å². The maximum Gasteiger partial charge on any atom is 0.125 e. The Morgan fingerprint density at radius 1 is 1.05 bits per heavy atom. The Morgan fingerprint density at radius 2 is 1.70 bits per heavy atom. The van der Waals surface area contributed by atoms with Gasteiger partial charge in [-0.3, -0.25) is 0 Å². The smallest absolute Gasteiger partial charge is 0.125 e. The van der Waals surface area contributed by atoms with Gasteiger partial charge in [0.15, 0.2) is 0 Å². The second-order valence-corrected chi connectivity index (χ2v) is 5.63. The van der Waals surface area contributed by atoms with Crippen LogP contribution in [0.2, 0.25) is 10.0 Å². The third-order valence-electron chi connectivity index (χ3n) is 3.14. The van der Waals surface area contributed by atoms with E-state index in [1.54, 1.807) is 12.1 Å². The molecule has 0 aliphatic heterocycles. The normalized spacial score (nSPS) is 10.7. The standard InChI is InChI=1S/C16H17Cl2NO/c1-10-5-12(8-19)6-11(2)16(10)20-9-13-7-14(17)3-4-15(13)18/h3-7H,8-9,19H2,1-2H3. The van der Waals surface area contributed by atoms with Gasteiger partial charge >= 0.3 is 0 Å². The van der Waals surface area contributed by atoms with Gasteiger partial charge in [-0.2, -0.15) is 0 Å². The van der Waals surface area contributed by atoms with Crippen LogP contribution >= 0.6 is 23.2 Å². The predicted octanol–water partition coefficient (Wildman–Crippen LogP) is 4.65. The van der Waals surface area contributed by atoms with E-state index in [0.717, 1.165) is 28.0 Å². The molecular formula is C16H17Cl2NO. The zero-order valence-corrected chi connectivity index (χ0v) is 13.1. The van der Waals surface area contributed by atoms with Crippen molar-refractivity contribution in [1.29, 1.82) is 0 Å². The van der Waals surface area contributed by atoms with Crippen LogP contribution in [0.3, 0.4) is 0 Å². The highest BCUT2D eigenvalue weighted by Crippen LogP contribution is 2.27. The Bertz CT molecular complexity index is 603. The Labute approximate surface area is 129 Å². The van der Waals surface area contributed by atoms with E-state index < -0.39 is 0 Å². The molecule has 0 radical (unpaired) electrons. The quantitative estimate of drug-likeness (QED) is 0.892. The van der Waals surface area contributed by atoms with E-state index in [1.807, 2.05) is 32.0 Å². The molecule has 2 aromatic carbocycles. The number of hydrogen-bond donors (Lipinski definition) is 1. The number of nitrogens with two attached hydrogens (primary N) is 1. The maximum absolute atomic E-state index is 6.13. The summed E-state index contributed by atoms with van der Waals surface area (Å²) in [7, 11) is 0. The monoisotopic (exact) mass is 309 g/mol. The predicted molar refractivity (Wildman–Crippen MR) is 84.6 cm³/mol. The topological polar surface area (TPSA) is 35.2 Å². The van der Waals surface area contributed by atoms with Crippen molar-refractivity contribution in [2.75, 3.05) is 0 Å². The first-order valence-corrected chi connectivity index (χ1v) is 7.13. The molecular weight excluding hydrogens is 293 g/mol. The van der Waals surface area contributed by atoms with Crippen molar-refractivity contribution >= 4 is 23.2 Å². The van der Waals surface area contributed by atoms with Crippen LogP contribution in [-0.4, -0.2) is 0 Å². The number of ether oxygens (including phenoxy) is 1. The molecule has 0 aliphatic rings. The second kappa shape index (κ2) is 6.49. The highest BCUT2D eigenvalue weighted by atomic mass is 35.5. The third kappa shape index (κ3) is 3.45. The van der Waals surface area contributed by atoms with Gasteiger partial charge in [-0.15, -0.1) is 0 Å². The fourth-order valence-electron chi connectivity index (χ4n) is 2.19. The minimum Gasteiger partial charge on any atom is -0.488 e. The first kappa shape index (κ1) is 15.2. The van der Waals surface area contributed by atoms with Gasteiger partial charge in [0.2, 0.25) is 0 Å². The summed E-state index contributed by atoms with van der Waals surface area (Å²) >= 11 is 12.1. The van der Waals surface area contributed by atoms with Crippen molar-refractivity contribution in [3.05, 3.63) is 62.6 Å². The van der Waals surface area contributed by atoms with Crippen molar-refractivity contribution in [1.82, 2.24) is 0 Å². The van der Waals surface area contributed by atoms with E-state index in [1.165, 1.54) is 0 Å². The molecule has 2 nitrogen and oxygen atoms in total. The lowest BCUT2D eigenvalue weighted by Crippen LogP contribution is -2.02. The summed E-state index contributed by atoms with van der Waals surface area (Å²) in [5, 5.41) is 1.31. The van der Waals surface area contributed by atoms with Gasteiger partial charge in [0.1, 0.15) is 12.4 Å². The number of rotatable bonds is 4. The molecule has 0 unspecified atom stereocenters. The summed E-state index contributed by atoms with van der Waals surface area (Å²) in [6.45, 7) is 4.95. The summed E-state index contributed by atoms with van der Waals surface area (Å²) in [4.78, 5) is 0. The van der Waals surface area contributed by atoms with Crippen LogP contribution in [0.15, 0.2) is 30.3 Å². The SMILES string of the molecule is Cc1cc(CN)cc(C)c1OCc1cc(Cl)ccc1Cl. The van der Waals surface area contributed by atoms with Gasteiger partial charge in [0, 0.05) is 22.2 Å². The molecule has 0 atom stereocenters. The molecule has 0 saturated carbocycles. The molecule has 2 N–H and O–H groups in total. The third-order valence-corrected chi connectivity index (χ3v) is 3.74. The van der Waals surface area contributed by atoms with Crippen LogP contribution in [0.25, 0.3) is 0 Å². The summed E-state index contributed by atoms with van der Waals surface area (Å²) in [6.07, 6.45) is 0. The number of halogens is 2. The molecule has 0 saturated heterocycles. The molecule has 0 fully saturated rings. The minimum atomic E-state index is 0.392. The van der Waals surface area contributed by atoms with E-state index in [2.05, 4.69) is 0 Å². The summed E-state index contributed by atoms with van der Waals surface area (Å²) in [5.74, 6) is 0.873. The van der Waals surface area contributed by atoms with Crippen LogP contribution in [0, 0.1) is 13.8 Å². The number of hydrogen-bond acceptors (Lipinski definition) is 2. The Balaban J connectivity index is 2.21. The Hall–Kier alpha value is -1.22. The van der Waals surface area contributed by atoms with Crippen LogP contribution in [0.1, 0.15) is 22.3 Å². The molecule has 0 heterocycles. The molecule has 20 heavy (non-hydrogen) atoms. The van der Waals surface area contributed by atoms with Crippen LogP contribution in [0.4, 0.5) is 0 Å². The fourth-order valence-corrected chi connectivity index (χ4v) is 2.56. The highest BCUT2D eigenvalue weighted by Gasteiger charge is 2.08. The molecule has 0 aromatic heterocycles. The lowest BCUT2D eigenvalue weighted by Gasteiger charge is -2.14. The molecule has 2 rings (SSSR count). The second-order valence-electron chi connectivity index (χ2n) is 4.79. The van der Waals surface area contributed by atoms with Gasteiger partial charge in [0.05, 0.1) is 0 Å². The zero-order chi connectivity index (χ0) is 14.7. The zero-order valence-electron chi connectivity index (χ0n) is 11.5. The van der Waals surface area contributed by atoms with Crippen molar-refractivity contribution in [3.63, 3.8) is 0 Å². The Morgan fingerprint density at radius 3 is 2.30 bits per heavy atom. The number of aryl methyl sites for hydroxylation is 2. The molecule has 4 heteroatoms. The maximum atomic E-state index is 6.13. The average molecular weight is 310 g/mol. The fraction of sp³-hybridized carbons (Fsp3) is 0.250. The molecule has 0 amide bonds. The van der Waals surface area contributed by atoms with Gasteiger partial charge in [0.25, 0.3) is 0 Å². The number of benzene rings is 2.